The van der Waals surface area contributed by atoms with Gasteiger partial charge in [-0.15, -0.1) is 11.3 Å². The number of hydrogen-bond donors (Lipinski definition) is 3. The van der Waals surface area contributed by atoms with Crippen LogP contribution >= 0.6 is 11.3 Å². The molecule has 2 aromatic carbocycles. The van der Waals surface area contributed by atoms with Gasteiger partial charge in [0.1, 0.15) is 6.04 Å². The molecular weight excluding hydrogens is 426 g/mol. The van der Waals surface area contributed by atoms with Crippen LogP contribution in [0.15, 0.2) is 66.2 Å². The Morgan fingerprint density at radius 2 is 1.84 bits per heavy atom. The molecule has 32 heavy (non-hydrogen) atoms. The zero-order valence-corrected chi connectivity index (χ0v) is 18.5. The third kappa shape index (κ3) is 4.60. The summed E-state index contributed by atoms with van der Waals surface area (Å²) in [5, 5.41) is 8.61. The molecule has 3 N–H and O–H groups in total. The maximum absolute atomic E-state index is 13.2. The van der Waals surface area contributed by atoms with Crippen LogP contribution in [0.2, 0.25) is 0 Å². The number of carbonyl (C=O) groups is 2. The summed E-state index contributed by atoms with van der Waals surface area (Å²) in [6.45, 7) is 0. The third-order valence-electron chi connectivity index (χ3n) is 5.12. The van der Waals surface area contributed by atoms with E-state index in [1.165, 1.54) is 18.4 Å². The van der Waals surface area contributed by atoms with E-state index in [1.54, 1.807) is 37.4 Å². The van der Waals surface area contributed by atoms with Crippen molar-refractivity contribution in [3.05, 3.63) is 76.6 Å². The quantitative estimate of drug-likeness (QED) is 0.375. The van der Waals surface area contributed by atoms with Crippen molar-refractivity contribution in [1.82, 2.24) is 10.3 Å². The summed E-state index contributed by atoms with van der Waals surface area (Å²) in [6, 6.07) is 15.7. The number of H-pyrrole nitrogens is 1. The van der Waals surface area contributed by atoms with E-state index in [-0.39, 0.29) is 11.8 Å². The van der Waals surface area contributed by atoms with Crippen LogP contribution in [0.5, 0.6) is 11.5 Å². The van der Waals surface area contributed by atoms with E-state index in [9.17, 15) is 9.59 Å². The number of anilines is 1. The molecule has 0 fully saturated rings. The van der Waals surface area contributed by atoms with Crippen LogP contribution in [0.4, 0.5) is 5.69 Å². The van der Waals surface area contributed by atoms with E-state index in [4.69, 9.17) is 9.47 Å². The molecule has 4 rings (SSSR count). The first-order valence-corrected chi connectivity index (χ1v) is 10.9. The largest absolute Gasteiger partial charge is 0.493 e. The van der Waals surface area contributed by atoms with Gasteiger partial charge >= 0.3 is 0 Å². The number of fused-ring (bicyclic) bond motifs is 1. The fourth-order valence-corrected chi connectivity index (χ4v) is 4.14. The Bertz CT molecular complexity index is 1230. The standard InChI is InChI=1S/C24H23N3O4S/c1-30-20-10-9-16(13-21(20)31-2)26-23(28)19(27-24(29)22-8-5-11-32-22)12-15-14-25-18-7-4-3-6-17(15)18/h3-11,13-14,19,25H,12H2,1-2H3,(H,26,28)(H,27,29)/t19-/m0/s1. The average Bonchev–Trinajstić information content (AvgIpc) is 3.49. The van der Waals surface area contributed by atoms with Crippen LogP contribution in [0, 0.1) is 0 Å². The normalized spacial score (nSPS) is 11.7. The van der Waals surface area contributed by atoms with Gasteiger partial charge in [0.15, 0.2) is 11.5 Å². The van der Waals surface area contributed by atoms with Gasteiger partial charge in [0, 0.05) is 35.3 Å². The van der Waals surface area contributed by atoms with Crippen LogP contribution in [-0.4, -0.2) is 37.1 Å². The molecule has 0 unspecified atom stereocenters. The van der Waals surface area contributed by atoms with E-state index in [2.05, 4.69) is 15.6 Å². The number of aromatic nitrogens is 1. The zero-order chi connectivity index (χ0) is 22.5. The maximum atomic E-state index is 13.2. The first kappa shape index (κ1) is 21.5. The van der Waals surface area contributed by atoms with Crippen LogP contribution in [-0.2, 0) is 11.2 Å². The number of benzene rings is 2. The van der Waals surface area contributed by atoms with Crippen LogP contribution in [0.3, 0.4) is 0 Å². The van der Waals surface area contributed by atoms with E-state index >= 15 is 0 Å². The second-order valence-electron chi connectivity index (χ2n) is 7.13. The predicted molar refractivity (Wildman–Crippen MR) is 126 cm³/mol. The molecule has 0 radical (unpaired) electrons. The summed E-state index contributed by atoms with van der Waals surface area (Å²) in [6.07, 6.45) is 2.21. The highest BCUT2D eigenvalue weighted by atomic mass is 32.1. The van der Waals surface area contributed by atoms with Gasteiger partial charge in [0.05, 0.1) is 19.1 Å². The molecule has 0 aliphatic rings. The molecule has 7 nitrogen and oxygen atoms in total. The minimum absolute atomic E-state index is 0.285. The maximum Gasteiger partial charge on any atom is 0.262 e. The minimum atomic E-state index is -0.781. The molecule has 2 amide bonds. The molecule has 0 bridgehead atoms. The van der Waals surface area contributed by atoms with Gasteiger partial charge in [-0.05, 0) is 35.2 Å². The van der Waals surface area contributed by atoms with Gasteiger partial charge in [0.25, 0.3) is 5.91 Å². The zero-order valence-electron chi connectivity index (χ0n) is 17.7. The van der Waals surface area contributed by atoms with Gasteiger partial charge < -0.3 is 25.1 Å². The van der Waals surface area contributed by atoms with Gasteiger partial charge in [0.2, 0.25) is 5.91 Å². The Morgan fingerprint density at radius 1 is 1.03 bits per heavy atom. The summed E-state index contributed by atoms with van der Waals surface area (Å²) in [4.78, 5) is 29.7. The number of amides is 2. The SMILES string of the molecule is COc1ccc(NC(=O)[C@H](Cc2c[nH]c3ccccc23)NC(=O)c2cccs2)cc1OC. The van der Waals surface area contributed by atoms with E-state index in [0.717, 1.165) is 16.5 Å². The molecule has 2 heterocycles. The highest BCUT2D eigenvalue weighted by Crippen LogP contribution is 2.30. The fourth-order valence-electron chi connectivity index (χ4n) is 3.51. The number of methoxy groups -OCH3 is 2. The van der Waals surface area contributed by atoms with Crippen molar-refractivity contribution in [3.8, 4) is 11.5 Å². The lowest BCUT2D eigenvalue weighted by Crippen LogP contribution is -2.45. The minimum Gasteiger partial charge on any atom is -0.493 e. The summed E-state index contributed by atoms with van der Waals surface area (Å²) in [7, 11) is 3.08. The van der Waals surface area contributed by atoms with Crippen molar-refractivity contribution < 1.29 is 19.1 Å². The molecule has 0 saturated carbocycles. The van der Waals surface area contributed by atoms with Crippen molar-refractivity contribution in [3.63, 3.8) is 0 Å². The molecule has 0 aliphatic heterocycles. The van der Waals surface area contributed by atoms with Crippen LogP contribution in [0.1, 0.15) is 15.2 Å². The molecular formula is C24H23N3O4S. The molecule has 4 aromatic rings. The first-order chi connectivity index (χ1) is 15.6. The summed E-state index contributed by atoms with van der Waals surface area (Å²) >= 11 is 1.33. The monoisotopic (exact) mass is 449 g/mol. The Labute approximate surface area is 189 Å². The number of ether oxygens (including phenoxy) is 2. The Hall–Kier alpha value is -3.78. The molecule has 0 spiro atoms. The van der Waals surface area contributed by atoms with Crippen molar-refractivity contribution in [2.75, 3.05) is 19.5 Å². The topological polar surface area (TPSA) is 92.5 Å². The Morgan fingerprint density at radius 3 is 2.59 bits per heavy atom. The van der Waals surface area contributed by atoms with E-state index < -0.39 is 6.04 Å². The predicted octanol–water partition coefficient (Wildman–Crippen LogP) is 4.23. The molecule has 0 saturated heterocycles. The van der Waals surface area contributed by atoms with Crippen molar-refractivity contribution >= 4 is 39.7 Å². The highest BCUT2D eigenvalue weighted by Gasteiger charge is 2.24. The summed E-state index contributed by atoms with van der Waals surface area (Å²) in [5.41, 5.74) is 2.47. The molecule has 0 aliphatic carbocycles. The Balaban J connectivity index is 1.59. The number of carbonyl (C=O) groups excluding carboxylic acids is 2. The molecule has 1 atom stereocenters. The van der Waals surface area contributed by atoms with Crippen molar-refractivity contribution in [2.24, 2.45) is 0 Å². The number of rotatable bonds is 8. The highest BCUT2D eigenvalue weighted by molar-refractivity contribution is 7.12. The van der Waals surface area contributed by atoms with Gasteiger partial charge in [-0.3, -0.25) is 9.59 Å². The number of nitrogens with one attached hydrogen (secondary N) is 3. The number of hydrogen-bond acceptors (Lipinski definition) is 5. The van der Waals surface area contributed by atoms with Crippen molar-refractivity contribution in [1.29, 1.82) is 0 Å². The lowest BCUT2D eigenvalue weighted by Gasteiger charge is -2.19. The Kier molecular flexibility index (Phi) is 6.42. The molecule has 8 heteroatoms. The molecule has 164 valence electrons. The first-order valence-electron chi connectivity index (χ1n) is 10.0. The second-order valence-corrected chi connectivity index (χ2v) is 8.07. The lowest BCUT2D eigenvalue weighted by molar-refractivity contribution is -0.118. The number of para-hydroxylation sites is 1. The lowest BCUT2D eigenvalue weighted by atomic mass is 10.0. The smallest absolute Gasteiger partial charge is 0.262 e. The van der Waals surface area contributed by atoms with Crippen molar-refractivity contribution in [2.45, 2.75) is 12.5 Å². The van der Waals surface area contributed by atoms with Crippen LogP contribution in [0.25, 0.3) is 10.9 Å². The van der Waals surface area contributed by atoms with E-state index in [0.29, 0.717) is 28.5 Å². The third-order valence-corrected chi connectivity index (χ3v) is 5.99. The second kappa shape index (κ2) is 9.57. The van der Waals surface area contributed by atoms with Crippen LogP contribution < -0.4 is 20.1 Å². The van der Waals surface area contributed by atoms with E-state index in [1.807, 2.05) is 35.8 Å². The average molecular weight is 450 g/mol. The molecule has 2 aromatic heterocycles. The summed E-state index contributed by atoms with van der Waals surface area (Å²) < 4.78 is 10.6. The summed E-state index contributed by atoms with van der Waals surface area (Å²) in [5.74, 6) is 0.452. The number of thiophene rings is 1. The van der Waals surface area contributed by atoms with Gasteiger partial charge in [-0.2, -0.15) is 0 Å². The van der Waals surface area contributed by atoms with Gasteiger partial charge in [-0.1, -0.05) is 24.3 Å². The van der Waals surface area contributed by atoms with Gasteiger partial charge in [-0.25, -0.2) is 0 Å². The fraction of sp³-hybridized carbons (Fsp3) is 0.167. The number of aromatic amines is 1.